The van der Waals surface area contributed by atoms with Crippen molar-refractivity contribution < 1.29 is 14.3 Å². The van der Waals surface area contributed by atoms with Crippen molar-refractivity contribution in [2.24, 2.45) is 5.92 Å². The van der Waals surface area contributed by atoms with Crippen molar-refractivity contribution in [2.75, 3.05) is 6.54 Å². The van der Waals surface area contributed by atoms with Crippen LogP contribution in [0.3, 0.4) is 0 Å². The molecule has 0 radical (unpaired) electrons. The number of hydrogen-bond acceptors (Lipinski definition) is 3. The number of Topliss-reactive ketones (excluding diaryl/α,β-unsaturated/α-hetero) is 1. The number of rotatable bonds is 3. The molecule has 1 aliphatic heterocycles. The summed E-state index contributed by atoms with van der Waals surface area (Å²) >= 11 is 0. The van der Waals surface area contributed by atoms with Crippen LogP contribution in [0.1, 0.15) is 60.3 Å². The number of amides is 1. The van der Waals surface area contributed by atoms with Gasteiger partial charge in [-0.15, -0.1) is 0 Å². The van der Waals surface area contributed by atoms with Crippen molar-refractivity contribution in [1.82, 2.24) is 4.90 Å². The average molecular weight is 269 g/mol. The molecule has 1 atom stereocenters. The van der Waals surface area contributed by atoms with Crippen LogP contribution in [0.15, 0.2) is 0 Å². The predicted octanol–water partition coefficient (Wildman–Crippen LogP) is 3.39. The maximum atomic E-state index is 12.2. The Morgan fingerprint density at radius 2 is 1.89 bits per heavy atom. The molecule has 0 saturated carbocycles. The van der Waals surface area contributed by atoms with Gasteiger partial charge in [0.05, 0.1) is 0 Å². The van der Waals surface area contributed by atoms with E-state index in [1.54, 1.807) is 4.90 Å². The summed E-state index contributed by atoms with van der Waals surface area (Å²) in [5, 5.41) is 0. The average Bonchev–Trinajstić information content (AvgIpc) is 2.27. The molecule has 0 bridgehead atoms. The largest absolute Gasteiger partial charge is 0.444 e. The van der Waals surface area contributed by atoms with Crippen LogP contribution in [-0.2, 0) is 9.53 Å². The molecule has 1 fully saturated rings. The van der Waals surface area contributed by atoms with Gasteiger partial charge in [0.25, 0.3) is 0 Å². The first kappa shape index (κ1) is 16.0. The lowest BCUT2D eigenvalue weighted by molar-refractivity contribution is -0.123. The molecule has 19 heavy (non-hydrogen) atoms. The Morgan fingerprint density at radius 1 is 1.26 bits per heavy atom. The molecule has 0 aliphatic carbocycles. The molecule has 0 aromatic heterocycles. The zero-order valence-electron chi connectivity index (χ0n) is 12.9. The van der Waals surface area contributed by atoms with Crippen LogP contribution in [0.25, 0.3) is 0 Å². The minimum Gasteiger partial charge on any atom is -0.444 e. The lowest BCUT2D eigenvalue weighted by Crippen LogP contribution is -2.47. The van der Waals surface area contributed by atoms with Gasteiger partial charge in [0.1, 0.15) is 11.4 Å². The lowest BCUT2D eigenvalue weighted by atomic mass is 9.94. The molecule has 1 aliphatic rings. The topological polar surface area (TPSA) is 46.6 Å². The Labute approximate surface area is 116 Å². The van der Waals surface area contributed by atoms with Crippen molar-refractivity contribution in [2.45, 2.75) is 71.9 Å². The molecule has 4 heteroatoms. The first-order chi connectivity index (χ1) is 8.70. The van der Waals surface area contributed by atoms with Gasteiger partial charge < -0.3 is 9.64 Å². The highest BCUT2D eigenvalue weighted by Crippen LogP contribution is 2.23. The Hall–Kier alpha value is -1.06. The fourth-order valence-electron chi connectivity index (χ4n) is 2.24. The zero-order valence-corrected chi connectivity index (χ0v) is 12.9. The lowest BCUT2D eigenvalue weighted by Gasteiger charge is -2.36. The number of ether oxygens (including phenoxy) is 1. The second kappa shape index (κ2) is 6.40. The number of ketones is 1. The molecule has 0 N–H and O–H groups in total. The molecule has 1 heterocycles. The normalized spacial score (nSPS) is 20.5. The summed E-state index contributed by atoms with van der Waals surface area (Å²) in [6, 6.07) is 0.0125. The number of likely N-dealkylation sites (tertiary alicyclic amines) is 1. The second-order valence-electron chi connectivity index (χ2n) is 6.65. The molecule has 0 aromatic rings. The van der Waals surface area contributed by atoms with Gasteiger partial charge >= 0.3 is 6.09 Å². The third-order valence-electron chi connectivity index (χ3n) is 3.34. The minimum absolute atomic E-state index is 0.0125. The Bertz CT molecular complexity index is 331. The maximum Gasteiger partial charge on any atom is 0.410 e. The van der Waals surface area contributed by atoms with E-state index in [1.807, 2.05) is 34.6 Å². The summed E-state index contributed by atoms with van der Waals surface area (Å²) < 4.78 is 5.43. The summed E-state index contributed by atoms with van der Waals surface area (Å²) in [5.74, 6) is 0.253. The van der Waals surface area contributed by atoms with Gasteiger partial charge in [0.15, 0.2) is 0 Å². The molecule has 110 valence electrons. The smallest absolute Gasteiger partial charge is 0.410 e. The highest BCUT2D eigenvalue weighted by atomic mass is 16.6. The van der Waals surface area contributed by atoms with E-state index in [4.69, 9.17) is 4.74 Å². The summed E-state index contributed by atoms with van der Waals surface area (Å²) in [6.45, 7) is 10.1. The van der Waals surface area contributed by atoms with Gasteiger partial charge in [-0.2, -0.15) is 0 Å². The Balaban J connectivity index is 2.67. The second-order valence-corrected chi connectivity index (χ2v) is 6.65. The van der Waals surface area contributed by atoms with E-state index in [2.05, 4.69) is 0 Å². The number of carbonyl (C=O) groups is 2. The quantitative estimate of drug-likeness (QED) is 0.789. The number of hydrogen-bond donors (Lipinski definition) is 0. The molecule has 1 rings (SSSR count). The molecule has 0 spiro atoms. The summed E-state index contributed by atoms with van der Waals surface area (Å²) in [6.07, 6.45) is 3.14. The van der Waals surface area contributed by atoms with Crippen molar-refractivity contribution in [3.05, 3.63) is 0 Å². The Kier molecular flexibility index (Phi) is 5.39. The van der Waals surface area contributed by atoms with Gasteiger partial charge in [-0.05, 0) is 40.0 Å². The van der Waals surface area contributed by atoms with Crippen LogP contribution in [0.4, 0.5) is 4.79 Å². The highest BCUT2D eigenvalue weighted by molar-refractivity contribution is 5.81. The van der Waals surface area contributed by atoms with Crippen LogP contribution < -0.4 is 0 Å². The van der Waals surface area contributed by atoms with Crippen LogP contribution in [0, 0.1) is 5.92 Å². The van der Waals surface area contributed by atoms with E-state index in [1.165, 1.54) is 0 Å². The fraction of sp³-hybridized carbons (Fsp3) is 0.867. The van der Waals surface area contributed by atoms with Gasteiger partial charge in [0, 0.05) is 24.9 Å². The number of piperidine rings is 1. The standard InChI is InChI=1S/C15H27NO3/c1-11(2)13(17)10-12-8-6-7-9-16(12)14(18)19-15(3,4)5/h11-12H,6-10H2,1-5H3. The van der Waals surface area contributed by atoms with E-state index >= 15 is 0 Å². The molecule has 1 saturated heterocycles. The van der Waals surface area contributed by atoms with Gasteiger partial charge in [-0.1, -0.05) is 13.8 Å². The SMILES string of the molecule is CC(C)C(=O)CC1CCCCN1C(=O)OC(C)(C)C. The van der Waals surface area contributed by atoms with Crippen LogP contribution in [0.2, 0.25) is 0 Å². The van der Waals surface area contributed by atoms with Crippen molar-refractivity contribution >= 4 is 11.9 Å². The van der Waals surface area contributed by atoms with Crippen molar-refractivity contribution in [3.8, 4) is 0 Å². The Morgan fingerprint density at radius 3 is 2.42 bits per heavy atom. The van der Waals surface area contributed by atoms with Gasteiger partial charge in [-0.3, -0.25) is 4.79 Å². The third-order valence-corrected chi connectivity index (χ3v) is 3.34. The molecule has 0 aromatic carbocycles. The first-order valence-corrected chi connectivity index (χ1v) is 7.23. The summed E-state index contributed by atoms with van der Waals surface area (Å²) in [7, 11) is 0. The van der Waals surface area contributed by atoms with E-state index in [9.17, 15) is 9.59 Å². The molecular weight excluding hydrogens is 242 g/mol. The first-order valence-electron chi connectivity index (χ1n) is 7.23. The van der Waals surface area contributed by atoms with E-state index < -0.39 is 5.60 Å². The maximum absolute atomic E-state index is 12.2. The summed E-state index contributed by atoms with van der Waals surface area (Å²) in [5.41, 5.74) is -0.485. The molecule has 4 nitrogen and oxygen atoms in total. The molecule has 1 unspecified atom stereocenters. The van der Waals surface area contributed by atoms with Crippen LogP contribution in [0.5, 0.6) is 0 Å². The van der Waals surface area contributed by atoms with Crippen LogP contribution >= 0.6 is 0 Å². The van der Waals surface area contributed by atoms with Crippen LogP contribution in [-0.4, -0.2) is 35.0 Å². The third kappa shape index (κ3) is 5.21. The van der Waals surface area contributed by atoms with E-state index in [0.717, 1.165) is 19.3 Å². The number of nitrogens with zero attached hydrogens (tertiary/aromatic N) is 1. The molecular formula is C15H27NO3. The monoisotopic (exact) mass is 269 g/mol. The predicted molar refractivity (Wildman–Crippen MR) is 75.0 cm³/mol. The number of carbonyl (C=O) groups excluding carboxylic acids is 2. The highest BCUT2D eigenvalue weighted by Gasteiger charge is 2.31. The zero-order chi connectivity index (χ0) is 14.6. The van der Waals surface area contributed by atoms with Gasteiger partial charge in [0.2, 0.25) is 0 Å². The minimum atomic E-state index is -0.485. The molecule has 1 amide bonds. The van der Waals surface area contributed by atoms with Crippen molar-refractivity contribution in [3.63, 3.8) is 0 Å². The fourth-order valence-corrected chi connectivity index (χ4v) is 2.24. The summed E-state index contributed by atoms with van der Waals surface area (Å²) in [4.78, 5) is 25.8. The van der Waals surface area contributed by atoms with E-state index in [0.29, 0.717) is 13.0 Å². The van der Waals surface area contributed by atoms with Crippen molar-refractivity contribution in [1.29, 1.82) is 0 Å². The van der Waals surface area contributed by atoms with E-state index in [-0.39, 0.29) is 23.8 Å². The van der Waals surface area contributed by atoms with Gasteiger partial charge in [-0.25, -0.2) is 4.79 Å².